The monoisotopic (exact) mass is 277 g/mol. The van der Waals surface area contributed by atoms with Gasteiger partial charge in [0.1, 0.15) is 11.9 Å². The molecule has 0 saturated carbocycles. The van der Waals surface area contributed by atoms with Gasteiger partial charge in [-0.2, -0.15) is 0 Å². The third-order valence-electron chi connectivity index (χ3n) is 3.76. The summed E-state index contributed by atoms with van der Waals surface area (Å²) in [5.41, 5.74) is 2.84. The van der Waals surface area contributed by atoms with Gasteiger partial charge in [-0.3, -0.25) is 0 Å². The van der Waals surface area contributed by atoms with E-state index in [-0.39, 0.29) is 0 Å². The second kappa shape index (κ2) is 8.28. The van der Waals surface area contributed by atoms with Gasteiger partial charge < -0.3 is 14.8 Å². The van der Waals surface area contributed by atoms with Crippen LogP contribution < -0.4 is 10.1 Å². The minimum atomic E-state index is 0.346. The quantitative estimate of drug-likeness (QED) is 0.704. The van der Waals surface area contributed by atoms with Gasteiger partial charge in [0.15, 0.2) is 0 Å². The SMILES string of the molecule is COCCNCCCCCc1ccc2c(c1)CC(C)O2. The van der Waals surface area contributed by atoms with Crippen LogP contribution in [0.15, 0.2) is 18.2 Å². The fourth-order valence-corrected chi connectivity index (χ4v) is 2.69. The zero-order valence-electron chi connectivity index (χ0n) is 12.8. The molecule has 1 heterocycles. The molecule has 3 nitrogen and oxygen atoms in total. The molecule has 3 heteroatoms. The summed E-state index contributed by atoms with van der Waals surface area (Å²) in [5.74, 6) is 1.09. The van der Waals surface area contributed by atoms with Crippen LogP contribution in [0.1, 0.15) is 37.3 Å². The van der Waals surface area contributed by atoms with E-state index in [1.807, 2.05) is 0 Å². The highest BCUT2D eigenvalue weighted by Gasteiger charge is 2.18. The van der Waals surface area contributed by atoms with Crippen molar-refractivity contribution in [1.82, 2.24) is 5.32 Å². The van der Waals surface area contributed by atoms with Crippen molar-refractivity contribution >= 4 is 0 Å². The normalized spacial score (nSPS) is 17.0. The zero-order valence-corrected chi connectivity index (χ0v) is 12.8. The first-order valence-corrected chi connectivity index (χ1v) is 7.77. The summed E-state index contributed by atoms with van der Waals surface area (Å²) in [7, 11) is 1.74. The van der Waals surface area contributed by atoms with Gasteiger partial charge in [-0.1, -0.05) is 18.6 Å². The smallest absolute Gasteiger partial charge is 0.123 e. The lowest BCUT2D eigenvalue weighted by atomic mass is 10.0. The molecule has 1 N–H and O–H groups in total. The maximum atomic E-state index is 5.73. The average Bonchev–Trinajstić information content (AvgIpc) is 2.81. The molecule has 1 aliphatic heterocycles. The van der Waals surface area contributed by atoms with E-state index in [4.69, 9.17) is 9.47 Å². The molecule has 0 amide bonds. The van der Waals surface area contributed by atoms with Crippen molar-refractivity contribution in [2.24, 2.45) is 0 Å². The van der Waals surface area contributed by atoms with E-state index in [0.29, 0.717) is 6.10 Å². The maximum Gasteiger partial charge on any atom is 0.123 e. The Morgan fingerprint density at radius 1 is 1.25 bits per heavy atom. The molecule has 1 atom stereocenters. The zero-order chi connectivity index (χ0) is 14.2. The van der Waals surface area contributed by atoms with Crippen LogP contribution >= 0.6 is 0 Å². The van der Waals surface area contributed by atoms with Crippen molar-refractivity contribution in [3.8, 4) is 5.75 Å². The molecule has 112 valence electrons. The van der Waals surface area contributed by atoms with Gasteiger partial charge in [-0.15, -0.1) is 0 Å². The number of hydrogen-bond donors (Lipinski definition) is 1. The Kier molecular flexibility index (Phi) is 6.34. The molecule has 0 aromatic heterocycles. The predicted molar refractivity (Wildman–Crippen MR) is 82.5 cm³/mol. The van der Waals surface area contributed by atoms with Crippen LogP contribution in [0.25, 0.3) is 0 Å². The first-order chi connectivity index (χ1) is 9.79. The number of benzene rings is 1. The molecule has 0 radical (unpaired) electrons. The van der Waals surface area contributed by atoms with Crippen LogP contribution in [0.3, 0.4) is 0 Å². The summed E-state index contributed by atoms with van der Waals surface area (Å²) in [5, 5.41) is 3.38. The molecule has 1 aromatic rings. The number of methoxy groups -OCH3 is 1. The molecular weight excluding hydrogens is 250 g/mol. The van der Waals surface area contributed by atoms with Crippen LogP contribution in [0.5, 0.6) is 5.75 Å². The molecule has 1 aromatic carbocycles. The summed E-state index contributed by atoms with van der Waals surface area (Å²) in [6, 6.07) is 6.68. The number of aryl methyl sites for hydroxylation is 1. The van der Waals surface area contributed by atoms with E-state index in [0.717, 1.165) is 31.9 Å². The third-order valence-corrected chi connectivity index (χ3v) is 3.76. The van der Waals surface area contributed by atoms with Crippen molar-refractivity contribution in [1.29, 1.82) is 0 Å². The Morgan fingerprint density at radius 2 is 2.15 bits per heavy atom. The van der Waals surface area contributed by atoms with Gasteiger partial charge in [0.25, 0.3) is 0 Å². The Bertz CT molecular complexity index is 406. The predicted octanol–water partition coefficient (Wildman–Crippen LogP) is 2.96. The molecule has 0 aliphatic carbocycles. The van der Waals surface area contributed by atoms with Crippen LogP contribution in [0.4, 0.5) is 0 Å². The van der Waals surface area contributed by atoms with Crippen molar-refractivity contribution in [2.75, 3.05) is 26.8 Å². The fourth-order valence-electron chi connectivity index (χ4n) is 2.69. The van der Waals surface area contributed by atoms with E-state index in [2.05, 4.69) is 30.4 Å². The van der Waals surface area contributed by atoms with Gasteiger partial charge in [0.2, 0.25) is 0 Å². The fraction of sp³-hybridized carbons (Fsp3) is 0.647. The maximum absolute atomic E-state index is 5.73. The van der Waals surface area contributed by atoms with Crippen LogP contribution in [-0.2, 0) is 17.6 Å². The highest BCUT2D eigenvalue weighted by atomic mass is 16.5. The lowest BCUT2D eigenvalue weighted by molar-refractivity contribution is 0.199. The second-order valence-corrected chi connectivity index (χ2v) is 5.63. The van der Waals surface area contributed by atoms with E-state index in [1.54, 1.807) is 7.11 Å². The third kappa shape index (κ3) is 4.80. The Balaban J connectivity index is 1.59. The van der Waals surface area contributed by atoms with Gasteiger partial charge in [0, 0.05) is 20.1 Å². The van der Waals surface area contributed by atoms with E-state index >= 15 is 0 Å². The molecule has 0 saturated heterocycles. The number of hydrogen-bond acceptors (Lipinski definition) is 3. The first kappa shape index (κ1) is 15.3. The number of ether oxygens (including phenoxy) is 2. The first-order valence-electron chi connectivity index (χ1n) is 7.77. The average molecular weight is 277 g/mol. The molecule has 0 bridgehead atoms. The van der Waals surface area contributed by atoms with E-state index in [9.17, 15) is 0 Å². The van der Waals surface area contributed by atoms with Crippen molar-refractivity contribution < 1.29 is 9.47 Å². The minimum Gasteiger partial charge on any atom is -0.490 e. The van der Waals surface area contributed by atoms with Gasteiger partial charge >= 0.3 is 0 Å². The summed E-state index contributed by atoms with van der Waals surface area (Å²) in [6.07, 6.45) is 6.38. The molecule has 20 heavy (non-hydrogen) atoms. The van der Waals surface area contributed by atoms with E-state index in [1.165, 1.54) is 36.8 Å². The summed E-state index contributed by atoms with van der Waals surface area (Å²) in [6.45, 7) is 4.99. The Morgan fingerprint density at radius 3 is 3.00 bits per heavy atom. The van der Waals surface area contributed by atoms with Gasteiger partial charge in [-0.05, 0) is 49.9 Å². The summed E-state index contributed by atoms with van der Waals surface area (Å²) < 4.78 is 10.7. The molecule has 1 aliphatic rings. The largest absolute Gasteiger partial charge is 0.490 e. The Hall–Kier alpha value is -1.06. The summed E-state index contributed by atoms with van der Waals surface area (Å²) in [4.78, 5) is 0. The van der Waals surface area contributed by atoms with Crippen LogP contribution in [-0.4, -0.2) is 32.9 Å². The number of nitrogens with one attached hydrogen (secondary N) is 1. The minimum absolute atomic E-state index is 0.346. The lowest BCUT2D eigenvalue weighted by Gasteiger charge is -2.06. The highest BCUT2D eigenvalue weighted by molar-refractivity contribution is 5.40. The Labute approximate surface area is 122 Å². The topological polar surface area (TPSA) is 30.5 Å². The molecule has 1 unspecified atom stereocenters. The van der Waals surface area contributed by atoms with Gasteiger partial charge in [-0.25, -0.2) is 0 Å². The van der Waals surface area contributed by atoms with E-state index < -0.39 is 0 Å². The molecule has 0 fully saturated rings. The number of rotatable bonds is 9. The van der Waals surface area contributed by atoms with Gasteiger partial charge in [0.05, 0.1) is 6.61 Å². The molecular formula is C17H27NO2. The van der Waals surface area contributed by atoms with Crippen LogP contribution in [0.2, 0.25) is 0 Å². The lowest BCUT2D eigenvalue weighted by Crippen LogP contribution is -2.20. The highest BCUT2D eigenvalue weighted by Crippen LogP contribution is 2.29. The summed E-state index contributed by atoms with van der Waals surface area (Å²) >= 11 is 0. The van der Waals surface area contributed by atoms with Crippen molar-refractivity contribution in [2.45, 2.75) is 45.1 Å². The number of fused-ring (bicyclic) bond motifs is 1. The molecule has 0 spiro atoms. The molecule has 2 rings (SSSR count). The van der Waals surface area contributed by atoms with Crippen LogP contribution in [0, 0.1) is 0 Å². The standard InChI is InChI=1S/C17H27NO2/c1-14-12-16-13-15(7-8-17(16)20-14)6-4-3-5-9-18-10-11-19-2/h7-8,13-14,18H,3-6,9-12H2,1-2H3. The number of unbranched alkanes of at least 4 members (excludes halogenated alkanes) is 2. The van der Waals surface area contributed by atoms with Crippen molar-refractivity contribution in [3.05, 3.63) is 29.3 Å². The van der Waals surface area contributed by atoms with Crippen molar-refractivity contribution in [3.63, 3.8) is 0 Å². The second-order valence-electron chi connectivity index (χ2n) is 5.63.